The zero-order chi connectivity index (χ0) is 12.4. The molecule has 0 amide bonds. The summed E-state index contributed by atoms with van der Waals surface area (Å²) in [5.74, 6) is 1.11. The second kappa shape index (κ2) is 5.11. The van der Waals surface area contributed by atoms with E-state index in [4.69, 9.17) is 0 Å². The van der Waals surface area contributed by atoms with Crippen LogP contribution in [0.25, 0.3) is 11.0 Å². The smallest absolute Gasteiger partial charge is 0.121 e. The largest absolute Gasteiger partial charge is 0.341 e. The van der Waals surface area contributed by atoms with Gasteiger partial charge in [-0.2, -0.15) is 0 Å². The van der Waals surface area contributed by atoms with Crippen LogP contribution in [0.2, 0.25) is 0 Å². The summed E-state index contributed by atoms with van der Waals surface area (Å²) < 4.78 is 0. The molecule has 0 spiro atoms. The van der Waals surface area contributed by atoms with Gasteiger partial charge in [0, 0.05) is 6.04 Å². The van der Waals surface area contributed by atoms with Gasteiger partial charge < -0.3 is 4.98 Å². The van der Waals surface area contributed by atoms with E-state index in [2.05, 4.69) is 40.0 Å². The predicted octanol–water partition coefficient (Wildman–Crippen LogP) is 3.33. The molecule has 1 aromatic heterocycles. The molecule has 1 unspecified atom stereocenters. The number of nitrogens with one attached hydrogen (secondary N) is 1. The minimum Gasteiger partial charge on any atom is -0.341 e. The van der Waals surface area contributed by atoms with Gasteiger partial charge in [0.25, 0.3) is 0 Å². The van der Waals surface area contributed by atoms with Gasteiger partial charge in [0.1, 0.15) is 5.82 Å². The Labute approximate surface area is 108 Å². The third kappa shape index (κ3) is 2.27. The fourth-order valence-corrected chi connectivity index (χ4v) is 3.00. The molecule has 96 valence electrons. The first-order valence-corrected chi connectivity index (χ1v) is 7.04. The summed E-state index contributed by atoms with van der Waals surface area (Å²) in [7, 11) is 0. The van der Waals surface area contributed by atoms with Gasteiger partial charge in [-0.05, 0) is 37.9 Å². The second-order valence-corrected chi connectivity index (χ2v) is 5.23. The number of benzene rings is 1. The van der Waals surface area contributed by atoms with E-state index in [0.717, 1.165) is 29.4 Å². The third-order valence-corrected chi connectivity index (χ3v) is 4.01. The fraction of sp³-hybridized carbons (Fsp3) is 0.533. The Morgan fingerprint density at radius 2 is 2.22 bits per heavy atom. The van der Waals surface area contributed by atoms with Crippen LogP contribution in [0.1, 0.15) is 38.4 Å². The lowest BCUT2D eigenvalue weighted by molar-refractivity contribution is 0.133. The van der Waals surface area contributed by atoms with Crippen LogP contribution >= 0.6 is 0 Å². The second-order valence-electron chi connectivity index (χ2n) is 5.23. The lowest BCUT2D eigenvalue weighted by atomic mass is 10.0. The van der Waals surface area contributed by atoms with Crippen molar-refractivity contribution in [2.45, 2.75) is 45.2 Å². The van der Waals surface area contributed by atoms with E-state index in [1.807, 2.05) is 6.07 Å². The minimum atomic E-state index is 0.743. The topological polar surface area (TPSA) is 31.9 Å². The molecule has 1 atom stereocenters. The van der Waals surface area contributed by atoms with Crippen LogP contribution in [0.3, 0.4) is 0 Å². The Hall–Kier alpha value is -1.35. The van der Waals surface area contributed by atoms with Crippen LogP contribution in [0.4, 0.5) is 0 Å². The van der Waals surface area contributed by atoms with E-state index in [1.165, 1.54) is 32.2 Å². The number of H-pyrrole nitrogens is 1. The van der Waals surface area contributed by atoms with Gasteiger partial charge in [0.05, 0.1) is 17.6 Å². The first kappa shape index (κ1) is 11.7. The molecule has 3 heteroatoms. The molecule has 1 aliphatic heterocycles. The Kier molecular flexibility index (Phi) is 3.33. The lowest BCUT2D eigenvalue weighted by Crippen LogP contribution is -2.38. The van der Waals surface area contributed by atoms with E-state index in [-0.39, 0.29) is 0 Å². The average Bonchev–Trinajstić information content (AvgIpc) is 2.81. The monoisotopic (exact) mass is 243 g/mol. The van der Waals surface area contributed by atoms with Crippen molar-refractivity contribution in [3.63, 3.8) is 0 Å². The quantitative estimate of drug-likeness (QED) is 0.896. The standard InChI is InChI=1S/C15H21N3/c1-2-12-7-5-6-10-18(12)11-15-16-13-8-3-4-9-14(13)17-15/h3-4,8-9,12H,2,5-7,10-11H2,1H3,(H,16,17). The number of aromatic amines is 1. The number of piperidine rings is 1. The molecule has 0 radical (unpaired) electrons. The molecule has 2 heterocycles. The van der Waals surface area contributed by atoms with Crippen molar-refractivity contribution < 1.29 is 0 Å². The van der Waals surface area contributed by atoms with Crippen LogP contribution in [0, 0.1) is 0 Å². The Morgan fingerprint density at radius 3 is 3.06 bits per heavy atom. The van der Waals surface area contributed by atoms with E-state index in [9.17, 15) is 0 Å². The molecule has 2 aromatic rings. The fourth-order valence-electron chi connectivity index (χ4n) is 3.00. The summed E-state index contributed by atoms with van der Waals surface area (Å²) in [5.41, 5.74) is 2.23. The zero-order valence-corrected chi connectivity index (χ0v) is 11.0. The molecule has 18 heavy (non-hydrogen) atoms. The number of rotatable bonds is 3. The number of aromatic nitrogens is 2. The number of fused-ring (bicyclic) bond motifs is 1. The van der Waals surface area contributed by atoms with Crippen LogP contribution in [0.15, 0.2) is 24.3 Å². The number of likely N-dealkylation sites (tertiary alicyclic amines) is 1. The number of hydrogen-bond donors (Lipinski definition) is 1. The molecule has 3 nitrogen and oxygen atoms in total. The minimum absolute atomic E-state index is 0.743. The van der Waals surface area contributed by atoms with Gasteiger partial charge in [-0.25, -0.2) is 4.98 Å². The van der Waals surface area contributed by atoms with E-state index in [1.54, 1.807) is 0 Å². The maximum Gasteiger partial charge on any atom is 0.121 e. The highest BCUT2D eigenvalue weighted by molar-refractivity contribution is 5.74. The van der Waals surface area contributed by atoms with Crippen molar-refractivity contribution in [1.29, 1.82) is 0 Å². The molecule has 0 bridgehead atoms. The highest BCUT2D eigenvalue weighted by atomic mass is 15.2. The maximum atomic E-state index is 4.68. The Bertz CT molecular complexity index is 484. The van der Waals surface area contributed by atoms with Crippen LogP contribution in [0.5, 0.6) is 0 Å². The summed E-state index contributed by atoms with van der Waals surface area (Å²) in [6.45, 7) is 4.48. The van der Waals surface area contributed by atoms with Crippen molar-refractivity contribution in [3.05, 3.63) is 30.1 Å². The van der Waals surface area contributed by atoms with E-state index < -0.39 is 0 Å². The van der Waals surface area contributed by atoms with Gasteiger partial charge in [0.2, 0.25) is 0 Å². The van der Waals surface area contributed by atoms with E-state index in [0.29, 0.717) is 0 Å². The van der Waals surface area contributed by atoms with Gasteiger partial charge in [0.15, 0.2) is 0 Å². The zero-order valence-electron chi connectivity index (χ0n) is 11.0. The Balaban J connectivity index is 1.78. The van der Waals surface area contributed by atoms with Gasteiger partial charge >= 0.3 is 0 Å². The number of para-hydroxylation sites is 2. The predicted molar refractivity (Wildman–Crippen MR) is 74.4 cm³/mol. The molecule has 1 saturated heterocycles. The number of nitrogens with zero attached hydrogens (tertiary/aromatic N) is 2. The summed E-state index contributed by atoms with van der Waals surface area (Å²) in [6, 6.07) is 9.01. The van der Waals surface area contributed by atoms with E-state index >= 15 is 0 Å². The van der Waals surface area contributed by atoms with Crippen molar-refractivity contribution in [2.75, 3.05) is 6.54 Å². The molecule has 1 aliphatic rings. The Morgan fingerprint density at radius 1 is 1.33 bits per heavy atom. The molecule has 3 rings (SSSR count). The van der Waals surface area contributed by atoms with Gasteiger partial charge in [-0.15, -0.1) is 0 Å². The first-order chi connectivity index (χ1) is 8.86. The van der Waals surface area contributed by atoms with Gasteiger partial charge in [-0.1, -0.05) is 25.5 Å². The molecular formula is C15H21N3. The molecular weight excluding hydrogens is 222 g/mol. The van der Waals surface area contributed by atoms with Crippen molar-refractivity contribution >= 4 is 11.0 Å². The maximum absolute atomic E-state index is 4.68. The highest BCUT2D eigenvalue weighted by Gasteiger charge is 2.21. The first-order valence-electron chi connectivity index (χ1n) is 7.04. The van der Waals surface area contributed by atoms with Crippen LogP contribution < -0.4 is 0 Å². The summed E-state index contributed by atoms with van der Waals surface area (Å²) in [4.78, 5) is 10.7. The normalized spacial score (nSPS) is 21.5. The third-order valence-electron chi connectivity index (χ3n) is 4.01. The summed E-state index contributed by atoms with van der Waals surface area (Å²) in [6.07, 6.45) is 5.31. The van der Waals surface area contributed by atoms with Gasteiger partial charge in [-0.3, -0.25) is 4.90 Å². The molecule has 0 saturated carbocycles. The highest BCUT2D eigenvalue weighted by Crippen LogP contribution is 2.21. The number of imidazole rings is 1. The SMILES string of the molecule is CCC1CCCCN1Cc1nc2ccccc2[nH]1. The molecule has 1 fully saturated rings. The average molecular weight is 243 g/mol. The summed E-state index contributed by atoms with van der Waals surface area (Å²) >= 11 is 0. The number of hydrogen-bond acceptors (Lipinski definition) is 2. The molecule has 0 aliphatic carbocycles. The van der Waals surface area contributed by atoms with Crippen molar-refractivity contribution in [2.24, 2.45) is 0 Å². The van der Waals surface area contributed by atoms with Crippen molar-refractivity contribution in [3.8, 4) is 0 Å². The van der Waals surface area contributed by atoms with Crippen LogP contribution in [-0.4, -0.2) is 27.5 Å². The summed E-state index contributed by atoms with van der Waals surface area (Å²) in [5, 5.41) is 0. The molecule has 1 aromatic carbocycles. The van der Waals surface area contributed by atoms with Crippen molar-refractivity contribution in [1.82, 2.24) is 14.9 Å². The lowest BCUT2D eigenvalue weighted by Gasteiger charge is -2.34. The van der Waals surface area contributed by atoms with Crippen LogP contribution in [-0.2, 0) is 6.54 Å². The molecule has 1 N–H and O–H groups in total.